The van der Waals surface area contributed by atoms with E-state index < -0.39 is 0 Å². The molecular weight excluding hydrogens is 394 g/mol. The summed E-state index contributed by atoms with van der Waals surface area (Å²) in [6.07, 6.45) is 17.2. The number of piperidine rings is 1. The van der Waals surface area contributed by atoms with Gasteiger partial charge in [0, 0.05) is 19.1 Å². The lowest BCUT2D eigenvalue weighted by Gasteiger charge is -2.31. The number of aromatic nitrogens is 2. The number of aliphatic hydroxyl groups excluding tert-OH is 1. The van der Waals surface area contributed by atoms with Gasteiger partial charge in [-0.25, -0.2) is 4.98 Å². The van der Waals surface area contributed by atoms with Gasteiger partial charge in [0.25, 0.3) is 0 Å². The van der Waals surface area contributed by atoms with Gasteiger partial charge in [-0.05, 0) is 81.0 Å². The number of H-pyrrole nitrogens is 1. The fourth-order valence-corrected chi connectivity index (χ4v) is 5.51. The van der Waals surface area contributed by atoms with Crippen LogP contribution in [-0.2, 0) is 0 Å². The number of imidazole rings is 1. The summed E-state index contributed by atoms with van der Waals surface area (Å²) in [5.41, 5.74) is 7.96. The molecule has 3 atom stereocenters. The second-order valence-electron chi connectivity index (χ2n) is 9.30. The first-order valence-corrected chi connectivity index (χ1v) is 12.1. The molecule has 3 unspecified atom stereocenters. The number of fused-ring (bicyclic) bond motifs is 1. The Morgan fingerprint density at radius 2 is 2.28 bits per heavy atom. The van der Waals surface area contributed by atoms with Crippen molar-refractivity contribution in [2.24, 2.45) is 11.8 Å². The second-order valence-corrected chi connectivity index (χ2v) is 9.30. The van der Waals surface area contributed by atoms with E-state index in [0.717, 1.165) is 62.6 Å². The van der Waals surface area contributed by atoms with Gasteiger partial charge in [-0.2, -0.15) is 0 Å². The van der Waals surface area contributed by atoms with Crippen LogP contribution in [0.5, 0.6) is 0 Å². The number of hydrogen-bond acceptors (Lipinski definition) is 3. The number of aromatic amines is 1. The fraction of sp³-hybridized carbons (Fsp3) is 0.464. The minimum atomic E-state index is 0.261. The highest BCUT2D eigenvalue weighted by atomic mass is 16.2. The van der Waals surface area contributed by atoms with Crippen LogP contribution in [0.1, 0.15) is 56.9 Å². The molecule has 2 heterocycles. The van der Waals surface area contributed by atoms with Crippen molar-refractivity contribution >= 4 is 11.0 Å². The predicted molar refractivity (Wildman–Crippen MR) is 134 cm³/mol. The maximum Gasteiger partial charge on any atom is 0.0931 e. The SMILES string of the molecule is C=CC(CC(C)=CC1CNCCC1c1cccc2[nH]cnc12)C1=C(CCCO)CCC=C1. The van der Waals surface area contributed by atoms with E-state index in [1.165, 1.54) is 22.3 Å². The molecule has 1 aliphatic carbocycles. The second kappa shape index (κ2) is 10.9. The van der Waals surface area contributed by atoms with Gasteiger partial charge in [0.05, 0.1) is 17.4 Å². The van der Waals surface area contributed by atoms with Crippen LogP contribution in [0.4, 0.5) is 0 Å². The number of nitrogens with one attached hydrogen (secondary N) is 2. The van der Waals surface area contributed by atoms with Crippen molar-refractivity contribution in [3.8, 4) is 0 Å². The highest BCUT2D eigenvalue weighted by molar-refractivity contribution is 5.78. The smallest absolute Gasteiger partial charge is 0.0931 e. The van der Waals surface area contributed by atoms with Crippen LogP contribution in [0.15, 0.2) is 72.1 Å². The van der Waals surface area contributed by atoms with Crippen molar-refractivity contribution in [3.63, 3.8) is 0 Å². The first-order valence-electron chi connectivity index (χ1n) is 12.1. The van der Waals surface area contributed by atoms with Crippen molar-refractivity contribution < 1.29 is 5.11 Å². The average molecular weight is 432 g/mol. The standard InChI is InChI=1S/C28H37N3O/c1-3-21(24-10-5-4-8-22(24)9-7-15-32)16-20(2)17-23-18-29-14-13-25(23)26-11-6-12-27-28(26)31-19-30-27/h3,5-6,10-12,17,19,21,23,25,29,32H,1,4,7-9,13-16,18H2,2H3,(H,30,31). The number of rotatable bonds is 9. The van der Waals surface area contributed by atoms with Crippen molar-refractivity contribution in [3.05, 3.63) is 77.7 Å². The first-order chi connectivity index (χ1) is 15.7. The van der Waals surface area contributed by atoms with Crippen LogP contribution in [0.2, 0.25) is 0 Å². The molecule has 1 aromatic carbocycles. The van der Waals surface area contributed by atoms with Crippen LogP contribution < -0.4 is 5.32 Å². The van der Waals surface area contributed by atoms with E-state index in [1.54, 1.807) is 6.33 Å². The predicted octanol–water partition coefficient (Wildman–Crippen LogP) is 5.81. The van der Waals surface area contributed by atoms with E-state index in [0.29, 0.717) is 17.8 Å². The van der Waals surface area contributed by atoms with Gasteiger partial charge >= 0.3 is 0 Å². The molecule has 170 valence electrons. The van der Waals surface area contributed by atoms with Crippen LogP contribution in [-0.4, -0.2) is 34.8 Å². The highest BCUT2D eigenvalue weighted by Crippen LogP contribution is 2.37. The van der Waals surface area contributed by atoms with Crippen LogP contribution >= 0.6 is 0 Å². The zero-order valence-electron chi connectivity index (χ0n) is 19.3. The van der Waals surface area contributed by atoms with Gasteiger partial charge in [0.15, 0.2) is 0 Å². The molecular formula is C28H37N3O. The topological polar surface area (TPSA) is 60.9 Å². The van der Waals surface area contributed by atoms with Crippen molar-refractivity contribution in [1.29, 1.82) is 0 Å². The Morgan fingerprint density at radius 1 is 1.38 bits per heavy atom. The molecule has 4 rings (SSSR count). The Morgan fingerprint density at radius 3 is 3.12 bits per heavy atom. The van der Waals surface area contributed by atoms with Gasteiger partial charge in [0.2, 0.25) is 0 Å². The molecule has 3 N–H and O–H groups in total. The van der Waals surface area contributed by atoms with Gasteiger partial charge in [-0.3, -0.25) is 0 Å². The quantitative estimate of drug-likeness (QED) is 0.439. The molecule has 0 spiro atoms. The average Bonchev–Trinajstić information content (AvgIpc) is 3.31. The molecule has 1 aliphatic heterocycles. The summed E-state index contributed by atoms with van der Waals surface area (Å²) in [5.74, 6) is 1.27. The summed E-state index contributed by atoms with van der Waals surface area (Å²) in [4.78, 5) is 7.88. The van der Waals surface area contributed by atoms with Crippen molar-refractivity contribution in [2.45, 2.75) is 51.4 Å². The van der Waals surface area contributed by atoms with E-state index in [9.17, 15) is 5.11 Å². The molecule has 32 heavy (non-hydrogen) atoms. The number of allylic oxidation sites excluding steroid dienone is 6. The minimum absolute atomic E-state index is 0.261. The lowest BCUT2D eigenvalue weighted by Crippen LogP contribution is -2.34. The molecule has 0 saturated carbocycles. The number of para-hydroxylation sites is 1. The van der Waals surface area contributed by atoms with E-state index in [-0.39, 0.29) is 6.61 Å². The highest BCUT2D eigenvalue weighted by Gasteiger charge is 2.27. The number of aliphatic hydroxyl groups is 1. The molecule has 2 aliphatic rings. The third-order valence-corrected chi connectivity index (χ3v) is 7.09. The molecule has 0 amide bonds. The number of nitrogens with zero attached hydrogens (tertiary/aromatic N) is 1. The van der Waals surface area contributed by atoms with Gasteiger partial charge in [-0.1, -0.05) is 47.6 Å². The van der Waals surface area contributed by atoms with E-state index >= 15 is 0 Å². The largest absolute Gasteiger partial charge is 0.396 e. The molecule has 1 saturated heterocycles. The summed E-state index contributed by atoms with van der Waals surface area (Å²) in [6, 6.07) is 6.51. The zero-order chi connectivity index (χ0) is 22.3. The Hall–Kier alpha value is -2.43. The third-order valence-electron chi connectivity index (χ3n) is 7.09. The number of hydrogen-bond donors (Lipinski definition) is 3. The summed E-state index contributed by atoms with van der Waals surface area (Å²) in [5, 5.41) is 12.9. The third kappa shape index (κ3) is 5.13. The summed E-state index contributed by atoms with van der Waals surface area (Å²) in [7, 11) is 0. The number of benzene rings is 1. The fourth-order valence-electron chi connectivity index (χ4n) is 5.51. The lowest BCUT2D eigenvalue weighted by atomic mass is 9.78. The van der Waals surface area contributed by atoms with Gasteiger partial charge in [-0.15, -0.1) is 6.58 Å². The van der Waals surface area contributed by atoms with Crippen LogP contribution in [0, 0.1) is 11.8 Å². The van der Waals surface area contributed by atoms with E-state index in [4.69, 9.17) is 0 Å². The van der Waals surface area contributed by atoms with Crippen molar-refractivity contribution in [2.75, 3.05) is 19.7 Å². The van der Waals surface area contributed by atoms with Crippen LogP contribution in [0.25, 0.3) is 11.0 Å². The first kappa shape index (κ1) is 22.8. The summed E-state index contributed by atoms with van der Waals surface area (Å²) >= 11 is 0. The maximum absolute atomic E-state index is 9.30. The van der Waals surface area contributed by atoms with E-state index in [2.05, 4.69) is 71.3 Å². The Bertz CT molecular complexity index is 1010. The summed E-state index contributed by atoms with van der Waals surface area (Å²) < 4.78 is 0. The molecule has 4 nitrogen and oxygen atoms in total. The minimum Gasteiger partial charge on any atom is -0.396 e. The Labute approximate surface area is 192 Å². The maximum atomic E-state index is 9.30. The van der Waals surface area contributed by atoms with E-state index in [1.807, 2.05) is 0 Å². The Balaban J connectivity index is 1.55. The normalized spacial score (nSPS) is 23.0. The zero-order valence-corrected chi connectivity index (χ0v) is 19.3. The van der Waals surface area contributed by atoms with Crippen LogP contribution in [0.3, 0.4) is 0 Å². The molecule has 1 aromatic heterocycles. The molecule has 1 fully saturated rings. The molecule has 0 radical (unpaired) electrons. The summed E-state index contributed by atoms with van der Waals surface area (Å²) in [6.45, 7) is 8.77. The Kier molecular flexibility index (Phi) is 7.77. The molecule has 4 heteroatoms. The molecule has 0 bridgehead atoms. The molecule has 2 aromatic rings. The van der Waals surface area contributed by atoms with Gasteiger partial charge in [0.1, 0.15) is 0 Å². The lowest BCUT2D eigenvalue weighted by molar-refractivity contribution is 0.287. The van der Waals surface area contributed by atoms with Crippen molar-refractivity contribution in [1.82, 2.24) is 15.3 Å². The monoisotopic (exact) mass is 431 g/mol. The van der Waals surface area contributed by atoms with Gasteiger partial charge < -0.3 is 15.4 Å².